The molecule has 1 unspecified atom stereocenters. The minimum absolute atomic E-state index is 0.187. The third kappa shape index (κ3) is 4.42. The lowest BCUT2D eigenvalue weighted by Crippen LogP contribution is -2.41. The minimum Gasteiger partial charge on any atom is -0.445 e. The van der Waals surface area contributed by atoms with Gasteiger partial charge in [0.05, 0.1) is 6.04 Å². The van der Waals surface area contributed by atoms with Crippen LogP contribution in [0.4, 0.5) is 4.79 Å². The van der Waals surface area contributed by atoms with Gasteiger partial charge in [-0.25, -0.2) is 4.79 Å². The lowest BCUT2D eigenvalue weighted by atomic mass is 9.95. The molecule has 1 N–H and O–H groups in total. The first kappa shape index (κ1) is 19.7. The number of amides is 1. The number of fused-ring (bicyclic) bond motifs is 3. The third-order valence-electron chi connectivity index (χ3n) is 4.37. The van der Waals surface area contributed by atoms with E-state index in [0.717, 1.165) is 17.6 Å². The number of alkyl halides is 4. The van der Waals surface area contributed by atoms with Gasteiger partial charge >= 0.3 is 6.09 Å². The predicted octanol–water partition coefficient (Wildman–Crippen LogP) is 5.76. The summed E-state index contributed by atoms with van der Waals surface area (Å²) in [6, 6.07) is 7.94. The van der Waals surface area contributed by atoms with Crippen molar-refractivity contribution in [1.82, 2.24) is 9.88 Å². The highest BCUT2D eigenvalue weighted by Gasteiger charge is 2.34. The molecule has 1 aromatic heterocycles. The van der Waals surface area contributed by atoms with Crippen molar-refractivity contribution >= 4 is 63.4 Å². The summed E-state index contributed by atoms with van der Waals surface area (Å²) in [5, 5.41) is 1.18. The Morgan fingerprint density at radius 1 is 1.31 bits per heavy atom. The van der Waals surface area contributed by atoms with Gasteiger partial charge in [-0.3, -0.25) is 4.90 Å². The molecule has 0 bridgehead atoms. The van der Waals surface area contributed by atoms with E-state index in [0.29, 0.717) is 18.8 Å². The maximum Gasteiger partial charge on any atom is 0.410 e. The number of halogens is 4. The fraction of sp³-hybridized carbons (Fsp3) is 0.389. The van der Waals surface area contributed by atoms with Crippen molar-refractivity contribution in [3.8, 4) is 0 Å². The van der Waals surface area contributed by atoms with Gasteiger partial charge in [-0.05, 0) is 24.5 Å². The van der Waals surface area contributed by atoms with Crippen molar-refractivity contribution in [1.29, 1.82) is 0 Å². The standard InChI is InChI=1S/C18H18Cl4N2O2/c19-9-4-3-7-15-16-13(12-5-1-2-6-14(12)23-16)8-10-24(15)17(25)26-11-18(20,21)22/h1-6,15,23H,7-11H2/b4-3+. The Bertz CT molecular complexity index is 813. The summed E-state index contributed by atoms with van der Waals surface area (Å²) < 4.78 is 3.57. The molecule has 1 aliphatic heterocycles. The van der Waals surface area contributed by atoms with Gasteiger partial charge in [0.2, 0.25) is 3.79 Å². The summed E-state index contributed by atoms with van der Waals surface area (Å²) in [5.41, 5.74) is 3.30. The van der Waals surface area contributed by atoms with Crippen molar-refractivity contribution < 1.29 is 9.53 Å². The number of hydrogen-bond donors (Lipinski definition) is 1. The van der Waals surface area contributed by atoms with Gasteiger partial charge < -0.3 is 9.72 Å². The van der Waals surface area contributed by atoms with E-state index < -0.39 is 9.89 Å². The number of rotatable bonds is 4. The third-order valence-corrected chi connectivity index (χ3v) is 4.87. The van der Waals surface area contributed by atoms with E-state index in [1.807, 2.05) is 30.4 Å². The van der Waals surface area contributed by atoms with Gasteiger partial charge in [0.1, 0.15) is 6.61 Å². The summed E-state index contributed by atoms with van der Waals surface area (Å²) in [7, 11) is 0. The monoisotopic (exact) mass is 434 g/mol. The predicted molar refractivity (Wildman–Crippen MR) is 108 cm³/mol. The molecule has 26 heavy (non-hydrogen) atoms. The maximum atomic E-state index is 12.6. The van der Waals surface area contributed by atoms with Crippen LogP contribution in [-0.2, 0) is 11.2 Å². The van der Waals surface area contributed by atoms with Crippen LogP contribution < -0.4 is 0 Å². The van der Waals surface area contributed by atoms with Crippen molar-refractivity contribution in [2.24, 2.45) is 0 Å². The molecule has 0 spiro atoms. The average molecular weight is 436 g/mol. The largest absolute Gasteiger partial charge is 0.445 e. The molecule has 4 nitrogen and oxygen atoms in total. The number of aromatic amines is 1. The van der Waals surface area contributed by atoms with Gasteiger partial charge in [-0.1, -0.05) is 65.2 Å². The molecule has 140 valence electrons. The Morgan fingerprint density at radius 2 is 2.08 bits per heavy atom. The smallest absolute Gasteiger partial charge is 0.410 e. The highest BCUT2D eigenvalue weighted by molar-refractivity contribution is 6.67. The van der Waals surface area contributed by atoms with Crippen LogP contribution in [0.15, 0.2) is 36.4 Å². The van der Waals surface area contributed by atoms with Crippen LogP contribution in [0.25, 0.3) is 10.9 Å². The van der Waals surface area contributed by atoms with Gasteiger partial charge in [-0.15, -0.1) is 11.6 Å². The fourth-order valence-electron chi connectivity index (χ4n) is 3.30. The van der Waals surface area contributed by atoms with Crippen LogP contribution in [-0.4, -0.2) is 38.8 Å². The molecule has 2 aromatic rings. The van der Waals surface area contributed by atoms with Gasteiger partial charge in [0.25, 0.3) is 0 Å². The lowest BCUT2D eigenvalue weighted by Gasteiger charge is -2.35. The van der Waals surface area contributed by atoms with Crippen LogP contribution in [0, 0.1) is 0 Å². The number of carbonyl (C=O) groups is 1. The fourth-order valence-corrected chi connectivity index (χ4v) is 3.59. The minimum atomic E-state index is -1.63. The van der Waals surface area contributed by atoms with Gasteiger partial charge in [0, 0.05) is 29.0 Å². The summed E-state index contributed by atoms with van der Waals surface area (Å²) in [6.07, 6.45) is 4.69. The molecule has 0 saturated carbocycles. The van der Waals surface area contributed by atoms with Crippen molar-refractivity contribution in [2.75, 3.05) is 19.0 Å². The SMILES string of the molecule is O=C(OCC(Cl)(Cl)Cl)N1CCc2c([nH]c3ccccc23)C1C/C=C/CCl. The molecule has 3 rings (SSSR count). The Kier molecular flexibility index (Phi) is 6.29. The molecule has 0 radical (unpaired) electrons. The molecular formula is C18H18Cl4N2O2. The molecule has 1 atom stereocenters. The number of aromatic nitrogens is 1. The van der Waals surface area contributed by atoms with Gasteiger partial charge in [-0.2, -0.15) is 0 Å². The molecule has 8 heteroatoms. The lowest BCUT2D eigenvalue weighted by molar-refractivity contribution is 0.0836. The van der Waals surface area contributed by atoms with E-state index in [2.05, 4.69) is 11.1 Å². The first-order valence-corrected chi connectivity index (χ1v) is 9.88. The zero-order valence-electron chi connectivity index (χ0n) is 13.9. The number of benzene rings is 1. The van der Waals surface area contributed by atoms with Crippen LogP contribution in [0.5, 0.6) is 0 Å². The maximum absolute atomic E-state index is 12.6. The second-order valence-corrected chi connectivity index (χ2v) is 8.88. The first-order valence-electron chi connectivity index (χ1n) is 8.21. The number of carbonyl (C=O) groups excluding carboxylic acids is 1. The van der Waals surface area contributed by atoms with Crippen LogP contribution in [0.2, 0.25) is 0 Å². The van der Waals surface area contributed by atoms with Crippen LogP contribution >= 0.6 is 46.4 Å². The molecule has 0 fully saturated rings. The Morgan fingerprint density at radius 3 is 2.81 bits per heavy atom. The average Bonchev–Trinajstić information content (AvgIpc) is 2.98. The summed E-state index contributed by atoms with van der Waals surface area (Å²) in [4.78, 5) is 17.7. The second-order valence-electron chi connectivity index (χ2n) is 6.05. The van der Waals surface area contributed by atoms with Gasteiger partial charge in [0.15, 0.2) is 0 Å². The molecule has 1 aromatic carbocycles. The van der Waals surface area contributed by atoms with E-state index in [-0.39, 0.29) is 12.6 Å². The molecule has 1 aliphatic rings. The molecular weight excluding hydrogens is 418 g/mol. The zero-order valence-corrected chi connectivity index (χ0v) is 16.9. The Labute approximate surface area is 172 Å². The second kappa shape index (κ2) is 8.30. The van der Waals surface area contributed by atoms with Crippen molar-refractivity contribution in [3.05, 3.63) is 47.7 Å². The van der Waals surface area contributed by atoms with E-state index in [9.17, 15) is 4.79 Å². The van der Waals surface area contributed by atoms with E-state index >= 15 is 0 Å². The number of nitrogens with zero attached hydrogens (tertiary/aromatic N) is 1. The first-order chi connectivity index (χ1) is 12.4. The Balaban J connectivity index is 1.90. The highest BCUT2D eigenvalue weighted by atomic mass is 35.6. The summed E-state index contributed by atoms with van der Waals surface area (Å²) >= 11 is 22.8. The molecule has 0 aliphatic carbocycles. The zero-order chi connectivity index (χ0) is 18.7. The molecule has 0 saturated heterocycles. The van der Waals surface area contributed by atoms with Crippen molar-refractivity contribution in [2.45, 2.75) is 22.7 Å². The highest BCUT2D eigenvalue weighted by Crippen LogP contribution is 2.37. The van der Waals surface area contributed by atoms with Crippen molar-refractivity contribution in [3.63, 3.8) is 0 Å². The number of hydrogen-bond acceptors (Lipinski definition) is 2. The number of nitrogens with one attached hydrogen (secondary N) is 1. The number of para-hydroxylation sites is 1. The number of ether oxygens (including phenoxy) is 1. The molecule has 1 amide bonds. The van der Waals surface area contributed by atoms with E-state index in [1.165, 1.54) is 10.9 Å². The topological polar surface area (TPSA) is 45.3 Å². The van der Waals surface area contributed by atoms with E-state index in [4.69, 9.17) is 51.1 Å². The summed E-state index contributed by atoms with van der Waals surface area (Å²) in [5.74, 6) is 0.421. The molecule has 2 heterocycles. The Hall–Kier alpha value is -1.07. The normalized spacial score (nSPS) is 17.7. The quantitative estimate of drug-likeness (QED) is 0.490. The van der Waals surface area contributed by atoms with Crippen LogP contribution in [0.3, 0.4) is 0 Å². The van der Waals surface area contributed by atoms with Crippen LogP contribution in [0.1, 0.15) is 23.7 Å². The van der Waals surface area contributed by atoms with E-state index in [1.54, 1.807) is 4.90 Å². The number of H-pyrrole nitrogens is 1. The summed E-state index contributed by atoms with van der Waals surface area (Å²) in [6.45, 7) is 0.240. The number of allylic oxidation sites excluding steroid dienone is 1.